The fourth-order valence-electron chi connectivity index (χ4n) is 2.77. The van der Waals surface area contributed by atoms with Crippen LogP contribution >= 0.6 is 0 Å². The molecule has 0 atom stereocenters. The third-order valence-corrected chi connectivity index (χ3v) is 4.26. The number of nitrogens with zero attached hydrogens (tertiary/aromatic N) is 1. The Hall–Kier alpha value is -4.27. The molecule has 0 amide bonds. The number of carbonyl (C=O) groups is 1. The Morgan fingerprint density at radius 1 is 1.00 bits per heavy atom. The molecule has 3 aromatic carbocycles. The molecule has 164 valence electrons. The van der Waals surface area contributed by atoms with Crippen LogP contribution in [0.25, 0.3) is 6.08 Å². The van der Waals surface area contributed by atoms with E-state index in [0.29, 0.717) is 17.1 Å². The van der Waals surface area contributed by atoms with Gasteiger partial charge in [0.05, 0.1) is 17.6 Å². The molecule has 9 heteroatoms. The first-order valence-corrected chi connectivity index (χ1v) is 9.24. The molecule has 3 rings (SSSR count). The molecule has 0 aliphatic rings. The lowest BCUT2D eigenvalue weighted by atomic mass is 10.1. The number of nitro benzene ring substituents is 1. The highest BCUT2D eigenvalue weighted by molar-refractivity contribution is 6.08. The first-order valence-electron chi connectivity index (χ1n) is 9.24. The normalized spacial score (nSPS) is 10.9. The van der Waals surface area contributed by atoms with E-state index in [1.54, 1.807) is 24.3 Å². The van der Waals surface area contributed by atoms with E-state index in [2.05, 4.69) is 4.74 Å². The van der Waals surface area contributed by atoms with Gasteiger partial charge in [-0.1, -0.05) is 24.3 Å². The van der Waals surface area contributed by atoms with Crippen LogP contribution in [0.2, 0.25) is 0 Å². The van der Waals surface area contributed by atoms with Crippen molar-refractivity contribution in [2.24, 2.45) is 0 Å². The summed E-state index contributed by atoms with van der Waals surface area (Å²) in [4.78, 5) is 23.3. The van der Waals surface area contributed by atoms with Crippen LogP contribution in [-0.2, 0) is 0 Å². The monoisotopic (exact) mass is 441 g/mol. The molecule has 0 unspecified atom stereocenters. The lowest BCUT2D eigenvalue weighted by molar-refractivity contribution is -0.385. The molecule has 0 saturated heterocycles. The standard InChI is InChI=1S/C23H17F2NO6/c1-30-16-8-10-17(11-9-16)31-22-13-7-15(14-19(22)26(28)29)6-12-20(27)18-4-2-3-5-21(18)32-23(24)25/h2-14,23H,1H3/b12-6+. The van der Waals surface area contributed by atoms with Crippen molar-refractivity contribution in [3.63, 3.8) is 0 Å². The predicted molar refractivity (Wildman–Crippen MR) is 113 cm³/mol. The van der Waals surface area contributed by atoms with Crippen molar-refractivity contribution in [1.82, 2.24) is 0 Å². The van der Waals surface area contributed by atoms with Gasteiger partial charge in [0, 0.05) is 6.07 Å². The minimum Gasteiger partial charge on any atom is -0.497 e. The summed E-state index contributed by atoms with van der Waals surface area (Å²) in [6, 6.07) is 16.3. The molecule has 7 nitrogen and oxygen atoms in total. The van der Waals surface area contributed by atoms with Crippen LogP contribution in [-0.4, -0.2) is 24.4 Å². The van der Waals surface area contributed by atoms with E-state index >= 15 is 0 Å². The number of ether oxygens (including phenoxy) is 3. The SMILES string of the molecule is COc1ccc(Oc2ccc(/C=C/C(=O)c3ccccc3OC(F)F)cc2[N+](=O)[O-])cc1. The van der Waals surface area contributed by atoms with E-state index in [9.17, 15) is 23.7 Å². The van der Waals surface area contributed by atoms with Crippen LogP contribution in [0.5, 0.6) is 23.0 Å². The van der Waals surface area contributed by atoms with Crippen molar-refractivity contribution in [1.29, 1.82) is 0 Å². The lowest BCUT2D eigenvalue weighted by Crippen LogP contribution is -2.06. The maximum absolute atomic E-state index is 12.5. The van der Waals surface area contributed by atoms with Gasteiger partial charge in [-0.2, -0.15) is 8.78 Å². The number of nitro groups is 1. The summed E-state index contributed by atoms with van der Waals surface area (Å²) in [6.07, 6.45) is 2.46. The molecule has 0 bridgehead atoms. The molecule has 0 aromatic heterocycles. The Kier molecular flexibility index (Phi) is 7.12. The highest BCUT2D eigenvalue weighted by atomic mass is 19.3. The number of halogens is 2. The largest absolute Gasteiger partial charge is 0.497 e. The second kappa shape index (κ2) is 10.2. The van der Waals surface area contributed by atoms with Gasteiger partial charge >= 0.3 is 12.3 Å². The zero-order valence-corrected chi connectivity index (χ0v) is 16.7. The number of benzene rings is 3. The van der Waals surface area contributed by atoms with Crippen molar-refractivity contribution in [3.05, 3.63) is 94.0 Å². The van der Waals surface area contributed by atoms with E-state index in [1.807, 2.05) is 0 Å². The summed E-state index contributed by atoms with van der Waals surface area (Å²) in [5.41, 5.74) is -0.0192. The summed E-state index contributed by atoms with van der Waals surface area (Å²) in [5, 5.41) is 11.5. The van der Waals surface area contributed by atoms with Crippen molar-refractivity contribution in [2.45, 2.75) is 6.61 Å². The number of carbonyl (C=O) groups excluding carboxylic acids is 1. The van der Waals surface area contributed by atoms with Gasteiger partial charge < -0.3 is 14.2 Å². The molecule has 32 heavy (non-hydrogen) atoms. The van der Waals surface area contributed by atoms with Crippen molar-refractivity contribution >= 4 is 17.5 Å². The number of rotatable bonds is 9. The summed E-state index contributed by atoms with van der Waals surface area (Å²) in [5.74, 6) is 0.147. The average molecular weight is 441 g/mol. The molecule has 0 radical (unpaired) electrons. The zero-order valence-electron chi connectivity index (χ0n) is 16.7. The Bertz CT molecular complexity index is 1150. The second-order valence-electron chi connectivity index (χ2n) is 6.33. The maximum Gasteiger partial charge on any atom is 0.387 e. The maximum atomic E-state index is 12.5. The number of alkyl halides is 2. The number of allylic oxidation sites excluding steroid dienone is 1. The topological polar surface area (TPSA) is 87.9 Å². The Labute approximate surface area is 181 Å². The molecular formula is C23H17F2NO6. The number of hydrogen-bond donors (Lipinski definition) is 0. The van der Waals surface area contributed by atoms with Gasteiger partial charge in [0.15, 0.2) is 5.78 Å². The fourth-order valence-corrected chi connectivity index (χ4v) is 2.77. The molecule has 0 N–H and O–H groups in total. The van der Waals surface area contributed by atoms with Crippen LogP contribution in [0.4, 0.5) is 14.5 Å². The van der Waals surface area contributed by atoms with E-state index < -0.39 is 17.3 Å². The first-order chi connectivity index (χ1) is 15.4. The van der Waals surface area contributed by atoms with E-state index in [4.69, 9.17) is 9.47 Å². The molecule has 0 heterocycles. The highest BCUT2D eigenvalue weighted by Gasteiger charge is 2.17. The minimum atomic E-state index is -3.08. The van der Waals surface area contributed by atoms with Crippen LogP contribution in [0.1, 0.15) is 15.9 Å². The molecule has 3 aromatic rings. The van der Waals surface area contributed by atoms with Gasteiger partial charge in [0.25, 0.3) is 0 Å². The van der Waals surface area contributed by atoms with Crippen LogP contribution in [0, 0.1) is 10.1 Å². The summed E-state index contributed by atoms with van der Waals surface area (Å²) in [6.45, 7) is -3.08. The summed E-state index contributed by atoms with van der Waals surface area (Å²) in [7, 11) is 1.52. The Balaban J connectivity index is 1.81. The number of hydrogen-bond acceptors (Lipinski definition) is 6. The predicted octanol–water partition coefficient (Wildman–Crippen LogP) is 5.89. The van der Waals surface area contributed by atoms with E-state index in [-0.39, 0.29) is 22.7 Å². The second-order valence-corrected chi connectivity index (χ2v) is 6.33. The Morgan fingerprint density at radius 3 is 2.34 bits per heavy atom. The molecule has 0 spiro atoms. The molecular weight excluding hydrogens is 424 g/mol. The molecule has 0 aliphatic heterocycles. The van der Waals surface area contributed by atoms with Gasteiger partial charge in [-0.05, 0) is 54.1 Å². The van der Waals surface area contributed by atoms with Crippen molar-refractivity contribution < 1.29 is 32.7 Å². The third kappa shape index (κ3) is 5.66. The summed E-state index contributed by atoms with van der Waals surface area (Å²) < 4.78 is 40.1. The smallest absolute Gasteiger partial charge is 0.387 e. The number of ketones is 1. The van der Waals surface area contributed by atoms with Crippen molar-refractivity contribution in [3.8, 4) is 23.0 Å². The van der Waals surface area contributed by atoms with Gasteiger partial charge in [-0.15, -0.1) is 0 Å². The minimum absolute atomic E-state index is 0.0133. The van der Waals surface area contributed by atoms with Crippen LogP contribution in [0.15, 0.2) is 72.8 Å². The Morgan fingerprint density at radius 2 is 1.69 bits per heavy atom. The molecule has 0 fully saturated rings. The number of methoxy groups -OCH3 is 1. The van der Waals surface area contributed by atoms with Crippen LogP contribution < -0.4 is 14.2 Å². The number of para-hydroxylation sites is 1. The molecule has 0 saturated carbocycles. The lowest BCUT2D eigenvalue weighted by Gasteiger charge is -2.08. The van der Waals surface area contributed by atoms with E-state index in [0.717, 1.165) is 6.08 Å². The molecule has 0 aliphatic carbocycles. The van der Waals surface area contributed by atoms with Gasteiger partial charge in [-0.25, -0.2) is 0 Å². The third-order valence-electron chi connectivity index (χ3n) is 4.26. The zero-order chi connectivity index (χ0) is 23.1. The van der Waals surface area contributed by atoms with Gasteiger partial charge in [0.2, 0.25) is 5.75 Å². The van der Waals surface area contributed by atoms with Gasteiger partial charge in [-0.3, -0.25) is 14.9 Å². The van der Waals surface area contributed by atoms with E-state index in [1.165, 1.54) is 55.7 Å². The summed E-state index contributed by atoms with van der Waals surface area (Å²) >= 11 is 0. The first kappa shape index (κ1) is 22.4. The average Bonchev–Trinajstić information content (AvgIpc) is 2.78. The quantitative estimate of drug-likeness (QED) is 0.178. The van der Waals surface area contributed by atoms with Crippen LogP contribution in [0.3, 0.4) is 0 Å². The van der Waals surface area contributed by atoms with Gasteiger partial charge in [0.1, 0.15) is 17.2 Å². The van der Waals surface area contributed by atoms with Crippen molar-refractivity contribution in [2.75, 3.05) is 7.11 Å². The highest BCUT2D eigenvalue weighted by Crippen LogP contribution is 2.33. The fraction of sp³-hybridized carbons (Fsp3) is 0.0870.